The Bertz CT molecular complexity index is 768. The quantitative estimate of drug-likeness (QED) is 0.124. The van der Waals surface area contributed by atoms with Crippen molar-refractivity contribution >= 4 is 5.97 Å². The van der Waals surface area contributed by atoms with Crippen molar-refractivity contribution in [2.75, 3.05) is 34.3 Å². The average molecular weight is 1220 g/mol. The van der Waals surface area contributed by atoms with Crippen LogP contribution in [-0.2, 0) is 73.1 Å². The summed E-state index contributed by atoms with van der Waals surface area (Å²) in [5, 5.41) is 25.3. The molecule has 8 aliphatic carbocycles. The van der Waals surface area contributed by atoms with Crippen molar-refractivity contribution < 1.29 is 112 Å². The van der Waals surface area contributed by atoms with Gasteiger partial charge in [-0.05, 0) is 63.2 Å². The number of carbonyl (C=O) groups is 1. The van der Waals surface area contributed by atoms with Crippen molar-refractivity contribution in [3.8, 4) is 6.07 Å². The van der Waals surface area contributed by atoms with Crippen molar-refractivity contribution in [3.63, 3.8) is 0 Å². The minimum atomic E-state index is -0.637. The predicted molar refractivity (Wildman–Crippen MR) is 279 cm³/mol. The second-order valence-corrected chi connectivity index (χ2v) is 18.9. The van der Waals surface area contributed by atoms with Crippen LogP contribution in [0, 0.1) is 94.4 Å². The molecule has 0 unspecified atom stereocenters. The van der Waals surface area contributed by atoms with E-state index in [0.717, 1.165) is 36.1 Å². The van der Waals surface area contributed by atoms with Crippen molar-refractivity contribution in [2.45, 2.75) is 238 Å². The van der Waals surface area contributed by atoms with E-state index in [1.165, 1.54) is 212 Å². The number of aliphatic hydroxyl groups excluding tert-OH is 1. The van der Waals surface area contributed by atoms with Gasteiger partial charge in [-0.15, -0.1) is 0 Å². The van der Waals surface area contributed by atoms with Gasteiger partial charge in [-0.2, -0.15) is 5.26 Å². The Morgan fingerprint density at radius 2 is 0.636 bits per heavy atom. The summed E-state index contributed by atoms with van der Waals surface area (Å²) in [6, 6.07) is 2.26. The number of halogens is 1. The molecule has 0 saturated heterocycles. The Morgan fingerprint density at radius 1 is 0.424 bits per heavy atom. The molecule has 8 rings (SSSR count). The Kier molecular flexibility index (Phi) is 112. The SMILES string of the molecule is C1CCCC1.C1CCCC1.C1CCCC1.C1CCCC1.C[N+](C)(C)CC1CCCC1.N#CC1CCCC1.O=C(O)CC1CCCC1.OCC1CCCC1.[CH3-].[CH3-].[CH3-].[CH3-].[CH3-].[CH3-].[CH3-].[CH3-].[Fe+2].[Fe+2].[Fe+2].[Fe+2].[I-]. The third kappa shape index (κ3) is 69.9. The first-order chi connectivity index (χ1) is 25.7. The van der Waals surface area contributed by atoms with Crippen LogP contribution in [0.25, 0.3) is 0 Å². The molecule has 408 valence electrons. The molecule has 0 amide bonds. The number of nitrogens with zero attached hydrogens (tertiary/aromatic N) is 2. The van der Waals surface area contributed by atoms with Gasteiger partial charge in [0.2, 0.25) is 0 Å². The van der Waals surface area contributed by atoms with E-state index in [2.05, 4.69) is 27.2 Å². The summed E-state index contributed by atoms with van der Waals surface area (Å²) in [6.45, 7) is 1.79. The van der Waals surface area contributed by atoms with E-state index < -0.39 is 5.97 Å². The standard InChI is InChI=1S/C9H20N.C7H12O2.C6H9N.C6H12O.4C5H10.8CH3.4Fe.HI/c1-10(2,3)8-9-6-4-5-7-9;8-7(9)5-6-3-1-2-4-6;2*7-5-6-3-1-2-4-6;4*1-2-4-5-3-1;;;;;;;;;;;;;/h9H,4-8H2,1-3H3;6H,1-5H2,(H,8,9);6H,1-4H2;6-7H,1-5H2;4*1-5H2;8*1H3;;;;;1H/q+1;;;;;;;;8*-1;4*+2;/p-1. The van der Waals surface area contributed by atoms with Crippen molar-refractivity contribution in [3.05, 3.63) is 59.4 Å². The zero-order chi connectivity index (χ0) is 38.7. The number of aliphatic carboxylic acids is 1. The van der Waals surface area contributed by atoms with Gasteiger partial charge < -0.3 is 98.1 Å². The van der Waals surface area contributed by atoms with Crippen LogP contribution in [0.2, 0.25) is 0 Å². The molecule has 66 heavy (non-hydrogen) atoms. The molecular formula is C56H117Fe4IN2O3. The van der Waals surface area contributed by atoms with Crippen molar-refractivity contribution in [1.82, 2.24) is 0 Å². The largest absolute Gasteiger partial charge is 2.00 e. The molecule has 0 aromatic heterocycles. The molecule has 2 N–H and O–H groups in total. The van der Waals surface area contributed by atoms with Crippen LogP contribution in [0.15, 0.2) is 0 Å². The molecule has 0 bridgehead atoms. The van der Waals surface area contributed by atoms with Crippen molar-refractivity contribution in [2.24, 2.45) is 23.7 Å². The minimum Gasteiger partial charge on any atom is -1.00 e. The normalized spacial score (nSPS) is 18.2. The summed E-state index contributed by atoms with van der Waals surface area (Å²) >= 11 is 0. The smallest absolute Gasteiger partial charge is 1.00 e. The summed E-state index contributed by atoms with van der Waals surface area (Å²) < 4.78 is 1.14. The van der Waals surface area contributed by atoms with Gasteiger partial charge in [-0.3, -0.25) is 4.79 Å². The van der Waals surface area contributed by atoms with E-state index in [1.807, 2.05) is 0 Å². The van der Waals surface area contributed by atoms with E-state index in [9.17, 15) is 4.79 Å². The number of aliphatic hydroxyl groups is 1. The van der Waals surface area contributed by atoms with Crippen LogP contribution in [0.4, 0.5) is 0 Å². The maximum absolute atomic E-state index is 10.2. The summed E-state index contributed by atoms with van der Waals surface area (Å²) in [5.74, 6) is 1.93. The molecular weight excluding hydrogens is 1100 g/mol. The van der Waals surface area contributed by atoms with Crippen LogP contribution < -0.4 is 24.0 Å². The zero-order valence-electron chi connectivity index (χ0n) is 45.9. The molecule has 8 saturated carbocycles. The zero-order valence-corrected chi connectivity index (χ0v) is 52.5. The fraction of sp³-hybridized carbons (Fsp3) is 0.821. The van der Waals surface area contributed by atoms with Crippen LogP contribution in [0.5, 0.6) is 0 Å². The first-order valence-corrected chi connectivity index (χ1v) is 23.8. The first-order valence-electron chi connectivity index (χ1n) is 23.8. The Balaban J connectivity index is -0.0000000434. The summed E-state index contributed by atoms with van der Waals surface area (Å²) in [6.07, 6.45) is 51.1. The molecule has 10 heteroatoms. The monoisotopic (exact) mass is 1220 g/mol. The first kappa shape index (κ1) is 101. The maximum Gasteiger partial charge on any atom is 2.00 e. The summed E-state index contributed by atoms with van der Waals surface area (Å²) in [4.78, 5) is 10.2. The van der Waals surface area contributed by atoms with Gasteiger partial charge in [0, 0.05) is 24.9 Å². The van der Waals surface area contributed by atoms with E-state index >= 15 is 0 Å². The van der Waals surface area contributed by atoms with Crippen molar-refractivity contribution in [1.29, 1.82) is 5.26 Å². The van der Waals surface area contributed by atoms with Gasteiger partial charge in [-0.25, -0.2) is 0 Å². The van der Waals surface area contributed by atoms with Gasteiger partial charge in [0.1, 0.15) is 0 Å². The summed E-state index contributed by atoms with van der Waals surface area (Å²) in [7, 11) is 6.87. The molecule has 0 aromatic carbocycles. The van der Waals surface area contributed by atoms with Gasteiger partial charge in [0.25, 0.3) is 0 Å². The number of hydrogen-bond donors (Lipinski definition) is 2. The number of hydrogen-bond acceptors (Lipinski definition) is 3. The van der Waals surface area contributed by atoms with Crippen LogP contribution in [-0.4, -0.2) is 55.0 Å². The van der Waals surface area contributed by atoms with Gasteiger partial charge in [0.05, 0.1) is 33.8 Å². The van der Waals surface area contributed by atoms with Crippen LogP contribution >= 0.6 is 0 Å². The third-order valence-corrected chi connectivity index (χ3v) is 12.5. The Labute approximate surface area is 479 Å². The van der Waals surface area contributed by atoms with E-state index in [4.69, 9.17) is 15.5 Å². The second kappa shape index (κ2) is 73.2. The van der Waals surface area contributed by atoms with Crippen LogP contribution in [0.3, 0.4) is 0 Å². The Morgan fingerprint density at radius 3 is 0.803 bits per heavy atom. The molecule has 5 nitrogen and oxygen atoms in total. The van der Waals surface area contributed by atoms with Crippen LogP contribution in [0.1, 0.15) is 238 Å². The molecule has 0 radical (unpaired) electrons. The minimum absolute atomic E-state index is 0. The third-order valence-electron chi connectivity index (χ3n) is 12.5. The Hall–Kier alpha value is 1.69. The molecule has 0 aliphatic heterocycles. The number of nitriles is 1. The van der Waals surface area contributed by atoms with E-state index in [-0.39, 0.29) is 152 Å². The second-order valence-electron chi connectivity index (χ2n) is 18.9. The molecule has 0 heterocycles. The average Bonchev–Trinajstić information content (AvgIpc) is 4.04. The molecule has 0 spiro atoms. The molecule has 0 aromatic rings. The van der Waals surface area contributed by atoms with Gasteiger partial charge >= 0.3 is 74.2 Å². The number of carboxylic acids is 1. The fourth-order valence-electron chi connectivity index (χ4n) is 9.21. The van der Waals surface area contributed by atoms with Gasteiger partial charge in [-0.1, -0.05) is 180 Å². The predicted octanol–water partition coefficient (Wildman–Crippen LogP) is 14.8. The maximum atomic E-state index is 10.2. The molecule has 8 fully saturated rings. The fourth-order valence-corrected chi connectivity index (χ4v) is 9.21. The molecule has 0 atom stereocenters. The number of rotatable bonds is 5. The van der Waals surface area contributed by atoms with E-state index in [1.54, 1.807) is 0 Å². The number of quaternary nitrogens is 1. The van der Waals surface area contributed by atoms with Gasteiger partial charge in [0.15, 0.2) is 0 Å². The summed E-state index contributed by atoms with van der Waals surface area (Å²) in [5.41, 5.74) is 0. The number of carboxylic acid groups (broad SMARTS) is 1. The van der Waals surface area contributed by atoms with E-state index in [0.29, 0.717) is 30.8 Å². The topological polar surface area (TPSA) is 81.3 Å². The molecule has 8 aliphatic rings.